The van der Waals surface area contributed by atoms with Crippen LogP contribution in [0.2, 0.25) is 0 Å². The summed E-state index contributed by atoms with van der Waals surface area (Å²) in [5, 5.41) is 0. The molecule has 1 aliphatic rings. The Labute approximate surface area is 104 Å². The van der Waals surface area contributed by atoms with Crippen LogP contribution in [-0.4, -0.2) is 6.61 Å². The van der Waals surface area contributed by atoms with Crippen molar-refractivity contribution in [2.24, 2.45) is 5.92 Å². The van der Waals surface area contributed by atoms with Gasteiger partial charge in [0.15, 0.2) is 0 Å². The van der Waals surface area contributed by atoms with Crippen molar-refractivity contribution in [1.29, 1.82) is 0 Å². The van der Waals surface area contributed by atoms with Crippen molar-refractivity contribution in [1.82, 2.24) is 0 Å². The van der Waals surface area contributed by atoms with Crippen LogP contribution in [-0.2, 0) is 6.18 Å². The van der Waals surface area contributed by atoms with Crippen LogP contribution in [0.25, 0.3) is 0 Å². The molecule has 1 fully saturated rings. The molecule has 0 amide bonds. The number of ether oxygens (including phenoxy) is 1. The van der Waals surface area contributed by atoms with Crippen molar-refractivity contribution in [3.05, 3.63) is 23.8 Å². The molecular formula is C13H16F3NO. The molecule has 5 heteroatoms. The van der Waals surface area contributed by atoms with E-state index in [9.17, 15) is 13.2 Å². The third-order valence-electron chi connectivity index (χ3n) is 3.26. The van der Waals surface area contributed by atoms with E-state index in [1.807, 2.05) is 0 Å². The minimum Gasteiger partial charge on any atom is -0.493 e. The van der Waals surface area contributed by atoms with Crippen LogP contribution in [0.15, 0.2) is 18.2 Å². The SMILES string of the molecule is Nc1ccc(OCC2CCCC2)c(C(F)(F)F)c1. The highest BCUT2D eigenvalue weighted by Gasteiger charge is 2.34. The molecule has 0 heterocycles. The average Bonchev–Trinajstić information content (AvgIpc) is 2.79. The van der Waals surface area contributed by atoms with Gasteiger partial charge >= 0.3 is 6.18 Å². The molecule has 18 heavy (non-hydrogen) atoms. The lowest BCUT2D eigenvalue weighted by atomic mass is 10.1. The van der Waals surface area contributed by atoms with Crippen molar-refractivity contribution < 1.29 is 17.9 Å². The van der Waals surface area contributed by atoms with Crippen molar-refractivity contribution in [3.63, 3.8) is 0 Å². The third-order valence-corrected chi connectivity index (χ3v) is 3.26. The lowest BCUT2D eigenvalue weighted by Gasteiger charge is -2.16. The summed E-state index contributed by atoms with van der Waals surface area (Å²) < 4.78 is 43.7. The second kappa shape index (κ2) is 5.08. The smallest absolute Gasteiger partial charge is 0.420 e. The molecule has 100 valence electrons. The number of hydrogen-bond acceptors (Lipinski definition) is 2. The highest BCUT2D eigenvalue weighted by Crippen LogP contribution is 2.38. The van der Waals surface area contributed by atoms with Gasteiger partial charge in [0, 0.05) is 5.69 Å². The summed E-state index contributed by atoms with van der Waals surface area (Å²) in [6.45, 7) is 0.354. The van der Waals surface area contributed by atoms with E-state index in [-0.39, 0.29) is 11.4 Å². The third kappa shape index (κ3) is 3.09. The fraction of sp³-hybridized carbons (Fsp3) is 0.538. The van der Waals surface area contributed by atoms with E-state index in [0.29, 0.717) is 12.5 Å². The van der Waals surface area contributed by atoms with Gasteiger partial charge < -0.3 is 10.5 Å². The van der Waals surface area contributed by atoms with Gasteiger partial charge in [-0.1, -0.05) is 12.8 Å². The van der Waals surface area contributed by atoms with E-state index in [2.05, 4.69) is 0 Å². The molecule has 1 aromatic rings. The van der Waals surface area contributed by atoms with Crippen LogP contribution in [0.3, 0.4) is 0 Å². The van der Waals surface area contributed by atoms with Crippen molar-refractivity contribution in [2.45, 2.75) is 31.9 Å². The van der Waals surface area contributed by atoms with Gasteiger partial charge in [-0.05, 0) is 37.0 Å². The normalized spacial score (nSPS) is 17.1. The molecule has 2 N–H and O–H groups in total. The zero-order valence-corrected chi connectivity index (χ0v) is 9.96. The Bertz CT molecular complexity index is 411. The summed E-state index contributed by atoms with van der Waals surface area (Å²) in [6.07, 6.45) is -0.0726. The van der Waals surface area contributed by atoms with Crippen LogP contribution in [0.1, 0.15) is 31.2 Å². The largest absolute Gasteiger partial charge is 0.493 e. The summed E-state index contributed by atoms with van der Waals surface area (Å²) in [6, 6.07) is 3.65. The summed E-state index contributed by atoms with van der Waals surface area (Å²) in [5.74, 6) is 0.257. The Balaban J connectivity index is 2.11. The maximum Gasteiger partial charge on any atom is 0.420 e. The van der Waals surface area contributed by atoms with E-state index in [1.165, 1.54) is 12.1 Å². The Hall–Kier alpha value is -1.39. The molecule has 0 saturated heterocycles. The van der Waals surface area contributed by atoms with Crippen molar-refractivity contribution in [3.8, 4) is 5.75 Å². The number of benzene rings is 1. The minimum absolute atomic E-state index is 0.0931. The van der Waals surface area contributed by atoms with Gasteiger partial charge in [-0.15, -0.1) is 0 Å². The second-order valence-electron chi connectivity index (χ2n) is 4.71. The van der Waals surface area contributed by atoms with E-state index >= 15 is 0 Å². The first kappa shape index (κ1) is 13.1. The number of alkyl halides is 3. The van der Waals surface area contributed by atoms with Crippen molar-refractivity contribution >= 4 is 5.69 Å². The standard InChI is InChI=1S/C13H16F3NO/c14-13(15,16)11-7-10(17)5-6-12(11)18-8-9-3-1-2-4-9/h5-7,9H,1-4,8,17H2. The molecule has 2 nitrogen and oxygen atoms in total. The first-order chi connectivity index (χ1) is 8.47. The molecule has 1 aromatic carbocycles. The molecule has 2 rings (SSSR count). The van der Waals surface area contributed by atoms with E-state index in [0.717, 1.165) is 31.7 Å². The van der Waals surface area contributed by atoms with E-state index < -0.39 is 11.7 Å². The number of hydrogen-bond donors (Lipinski definition) is 1. The van der Waals surface area contributed by atoms with Gasteiger partial charge in [0.2, 0.25) is 0 Å². The summed E-state index contributed by atoms with van der Waals surface area (Å²) in [4.78, 5) is 0. The highest BCUT2D eigenvalue weighted by atomic mass is 19.4. The van der Waals surface area contributed by atoms with Gasteiger partial charge in [0.05, 0.1) is 12.2 Å². The molecule has 0 aliphatic heterocycles. The fourth-order valence-corrected chi connectivity index (χ4v) is 2.28. The van der Waals surface area contributed by atoms with E-state index in [4.69, 9.17) is 10.5 Å². The number of nitrogens with two attached hydrogens (primary N) is 1. The zero-order chi connectivity index (χ0) is 13.2. The van der Waals surface area contributed by atoms with Gasteiger partial charge in [-0.2, -0.15) is 13.2 Å². The molecule has 0 spiro atoms. The summed E-state index contributed by atoms with van der Waals surface area (Å²) in [5.41, 5.74) is 4.69. The van der Waals surface area contributed by atoms with Gasteiger partial charge in [0.25, 0.3) is 0 Å². The average molecular weight is 259 g/mol. The van der Waals surface area contributed by atoms with Gasteiger partial charge in [-0.3, -0.25) is 0 Å². The number of halogens is 3. The maximum atomic E-state index is 12.8. The van der Waals surface area contributed by atoms with Crippen molar-refractivity contribution in [2.75, 3.05) is 12.3 Å². The Kier molecular flexibility index (Phi) is 3.68. The molecule has 0 radical (unpaired) electrons. The van der Waals surface area contributed by atoms with Gasteiger partial charge in [0.1, 0.15) is 5.75 Å². The minimum atomic E-state index is -4.43. The topological polar surface area (TPSA) is 35.2 Å². The van der Waals surface area contributed by atoms with Gasteiger partial charge in [-0.25, -0.2) is 0 Å². The van der Waals surface area contributed by atoms with E-state index in [1.54, 1.807) is 0 Å². The second-order valence-corrected chi connectivity index (χ2v) is 4.71. The van der Waals surface area contributed by atoms with Crippen LogP contribution in [0.5, 0.6) is 5.75 Å². The van der Waals surface area contributed by atoms with Crippen LogP contribution >= 0.6 is 0 Å². The summed E-state index contributed by atoms with van der Waals surface area (Å²) in [7, 11) is 0. The lowest BCUT2D eigenvalue weighted by molar-refractivity contribution is -0.139. The predicted molar refractivity (Wildman–Crippen MR) is 63.3 cm³/mol. The molecule has 0 atom stereocenters. The fourth-order valence-electron chi connectivity index (χ4n) is 2.28. The number of rotatable bonds is 3. The maximum absolute atomic E-state index is 12.8. The zero-order valence-electron chi connectivity index (χ0n) is 9.96. The molecule has 0 aromatic heterocycles. The summed E-state index contributed by atoms with van der Waals surface area (Å²) >= 11 is 0. The Morgan fingerprint density at radius 2 is 1.89 bits per heavy atom. The Morgan fingerprint density at radius 1 is 1.22 bits per heavy atom. The molecule has 1 aliphatic carbocycles. The predicted octanol–water partition coefficient (Wildman–Crippen LogP) is 3.86. The van der Waals surface area contributed by atoms with Crippen LogP contribution < -0.4 is 10.5 Å². The molecule has 0 unspecified atom stereocenters. The molecule has 1 saturated carbocycles. The molecular weight excluding hydrogens is 243 g/mol. The van der Waals surface area contributed by atoms with Crippen LogP contribution in [0, 0.1) is 5.92 Å². The first-order valence-electron chi connectivity index (χ1n) is 6.06. The number of nitrogen functional groups attached to an aromatic ring is 1. The quantitative estimate of drug-likeness (QED) is 0.837. The lowest BCUT2D eigenvalue weighted by Crippen LogP contribution is -2.13. The monoisotopic (exact) mass is 259 g/mol. The highest BCUT2D eigenvalue weighted by molar-refractivity contribution is 5.49. The first-order valence-corrected chi connectivity index (χ1v) is 6.06. The Morgan fingerprint density at radius 3 is 2.50 bits per heavy atom. The molecule has 0 bridgehead atoms. The van der Waals surface area contributed by atoms with Crippen LogP contribution in [0.4, 0.5) is 18.9 Å². The number of anilines is 1.